The summed E-state index contributed by atoms with van der Waals surface area (Å²) in [5.74, 6) is 0.691. The minimum Gasteiger partial charge on any atom is -0.468 e. The Labute approximate surface area is 244 Å². The first kappa shape index (κ1) is 27.2. The van der Waals surface area contributed by atoms with Gasteiger partial charge in [-0.3, -0.25) is 9.88 Å². The summed E-state index contributed by atoms with van der Waals surface area (Å²) >= 11 is 0. The summed E-state index contributed by atoms with van der Waals surface area (Å²) in [5, 5.41) is 2.34. The Balaban J connectivity index is 1.34. The van der Waals surface area contributed by atoms with Crippen molar-refractivity contribution < 1.29 is 23.3 Å². The number of pyridine rings is 1. The highest BCUT2D eigenvalue weighted by atomic mass is 19.1. The maximum Gasteiger partial charge on any atom is 0.319 e. The fourth-order valence-electron chi connectivity index (χ4n) is 6.82. The zero-order chi connectivity index (χ0) is 28.5. The Morgan fingerprint density at radius 2 is 1.81 bits per heavy atom. The molecule has 10 heteroatoms. The van der Waals surface area contributed by atoms with Gasteiger partial charge in [-0.1, -0.05) is 24.3 Å². The SMILES string of the molecule is COCOc1cc(-c2ncc3c(N4CCCOCC4)nc(OCC45CCCN4CCC5)nc3c2F)c2ccccc2c1. The summed E-state index contributed by atoms with van der Waals surface area (Å²) in [5.41, 5.74) is 1.05. The molecule has 0 aliphatic carbocycles. The van der Waals surface area contributed by atoms with Crippen LogP contribution in [0, 0.1) is 5.82 Å². The van der Waals surface area contributed by atoms with Crippen molar-refractivity contribution in [3.63, 3.8) is 0 Å². The summed E-state index contributed by atoms with van der Waals surface area (Å²) < 4.78 is 39.6. The predicted molar refractivity (Wildman–Crippen MR) is 159 cm³/mol. The number of hydrogen-bond donors (Lipinski definition) is 0. The molecule has 3 aliphatic heterocycles. The lowest BCUT2D eigenvalue weighted by Gasteiger charge is -2.31. The van der Waals surface area contributed by atoms with E-state index in [9.17, 15) is 0 Å². The largest absolute Gasteiger partial charge is 0.468 e. The molecule has 220 valence electrons. The number of hydrogen-bond acceptors (Lipinski definition) is 9. The molecule has 0 spiro atoms. The zero-order valence-corrected chi connectivity index (χ0v) is 24.0. The molecule has 0 saturated carbocycles. The van der Waals surface area contributed by atoms with Crippen molar-refractivity contribution in [2.45, 2.75) is 37.6 Å². The fourth-order valence-corrected chi connectivity index (χ4v) is 6.82. The molecule has 0 N–H and O–H groups in total. The van der Waals surface area contributed by atoms with Crippen LogP contribution in [0.3, 0.4) is 0 Å². The minimum atomic E-state index is -0.511. The molecule has 2 aromatic carbocycles. The van der Waals surface area contributed by atoms with Crippen LogP contribution in [0.5, 0.6) is 11.8 Å². The van der Waals surface area contributed by atoms with Crippen LogP contribution in [-0.2, 0) is 9.47 Å². The molecule has 4 aromatic rings. The van der Waals surface area contributed by atoms with Gasteiger partial charge in [0.05, 0.1) is 17.5 Å². The average Bonchev–Trinajstić information content (AvgIpc) is 3.48. The number of nitrogens with zero attached hydrogens (tertiary/aromatic N) is 5. The van der Waals surface area contributed by atoms with Crippen molar-refractivity contribution in [3.05, 3.63) is 48.4 Å². The maximum absolute atomic E-state index is 16.7. The Morgan fingerprint density at radius 3 is 2.67 bits per heavy atom. The van der Waals surface area contributed by atoms with Crippen LogP contribution >= 0.6 is 0 Å². The van der Waals surface area contributed by atoms with E-state index in [0.29, 0.717) is 48.9 Å². The molecule has 0 amide bonds. The topological polar surface area (TPSA) is 82.1 Å². The molecule has 0 unspecified atom stereocenters. The standard InChI is InChI=1S/C32H36FN5O4/c1-39-21-42-23-17-22-7-2-3-8-24(22)25(18-23)28-27(33)29-26(19-34-28)30(37-11-6-15-40-16-14-37)36-31(35-29)41-20-32-9-4-12-38(32)13-5-10-32/h2-3,7-8,17-19H,4-6,9-16,20-21H2,1H3. The second-order valence-corrected chi connectivity index (χ2v) is 11.4. The summed E-state index contributed by atoms with van der Waals surface area (Å²) in [6.07, 6.45) is 7.09. The second kappa shape index (κ2) is 11.6. The van der Waals surface area contributed by atoms with Crippen LogP contribution in [0.15, 0.2) is 42.6 Å². The van der Waals surface area contributed by atoms with Gasteiger partial charge in [-0.05, 0) is 68.1 Å². The third-order valence-electron chi connectivity index (χ3n) is 8.88. The monoisotopic (exact) mass is 573 g/mol. The predicted octanol–water partition coefficient (Wildman–Crippen LogP) is 5.20. The molecule has 9 nitrogen and oxygen atoms in total. The van der Waals surface area contributed by atoms with Gasteiger partial charge in [0.15, 0.2) is 12.6 Å². The lowest BCUT2D eigenvalue weighted by molar-refractivity contribution is 0.0512. The Kier molecular flexibility index (Phi) is 7.52. The Bertz CT molecular complexity index is 1580. The van der Waals surface area contributed by atoms with Crippen molar-refractivity contribution in [1.82, 2.24) is 19.9 Å². The van der Waals surface area contributed by atoms with Crippen molar-refractivity contribution >= 4 is 27.5 Å². The number of methoxy groups -OCH3 is 1. The lowest BCUT2D eigenvalue weighted by atomic mass is 9.95. The van der Waals surface area contributed by atoms with Gasteiger partial charge >= 0.3 is 6.01 Å². The van der Waals surface area contributed by atoms with Crippen molar-refractivity contribution in [2.24, 2.45) is 0 Å². The summed E-state index contributed by atoms with van der Waals surface area (Å²) in [7, 11) is 1.57. The number of halogens is 1. The molecule has 0 radical (unpaired) electrons. The molecular weight excluding hydrogens is 537 g/mol. The van der Waals surface area contributed by atoms with E-state index in [1.54, 1.807) is 19.4 Å². The van der Waals surface area contributed by atoms with E-state index >= 15 is 4.39 Å². The molecule has 3 fully saturated rings. The van der Waals surface area contributed by atoms with E-state index in [1.807, 2.05) is 30.3 Å². The van der Waals surface area contributed by atoms with Gasteiger partial charge in [-0.25, -0.2) is 4.39 Å². The quantitative estimate of drug-likeness (QED) is 0.264. The molecule has 3 saturated heterocycles. The summed E-state index contributed by atoms with van der Waals surface area (Å²) in [4.78, 5) is 18.9. The molecule has 3 aliphatic rings. The van der Waals surface area contributed by atoms with E-state index in [-0.39, 0.29) is 29.6 Å². The van der Waals surface area contributed by atoms with Crippen LogP contribution in [0.4, 0.5) is 10.2 Å². The zero-order valence-electron chi connectivity index (χ0n) is 24.0. The molecule has 0 atom stereocenters. The van der Waals surface area contributed by atoms with Crippen LogP contribution in [0.1, 0.15) is 32.1 Å². The van der Waals surface area contributed by atoms with E-state index < -0.39 is 5.82 Å². The highest BCUT2D eigenvalue weighted by Gasteiger charge is 2.45. The number of benzene rings is 2. The van der Waals surface area contributed by atoms with E-state index in [1.165, 1.54) is 12.8 Å². The van der Waals surface area contributed by atoms with Gasteiger partial charge in [-0.15, -0.1) is 0 Å². The first-order chi connectivity index (χ1) is 20.6. The van der Waals surface area contributed by atoms with E-state index in [2.05, 4.69) is 19.8 Å². The molecule has 7 rings (SSSR count). The van der Waals surface area contributed by atoms with E-state index in [4.69, 9.17) is 23.9 Å². The molecule has 5 heterocycles. The first-order valence-electron chi connectivity index (χ1n) is 14.9. The van der Waals surface area contributed by atoms with Crippen LogP contribution in [0.2, 0.25) is 0 Å². The summed E-state index contributed by atoms with van der Waals surface area (Å²) in [6, 6.07) is 11.7. The molecule has 42 heavy (non-hydrogen) atoms. The molecule has 0 bridgehead atoms. The van der Waals surface area contributed by atoms with Gasteiger partial charge in [0.25, 0.3) is 0 Å². The Hall–Kier alpha value is -3.60. The van der Waals surface area contributed by atoms with Gasteiger partial charge < -0.3 is 23.8 Å². The number of ether oxygens (including phenoxy) is 4. The van der Waals surface area contributed by atoms with Gasteiger partial charge in [0, 0.05) is 38.6 Å². The summed E-state index contributed by atoms with van der Waals surface area (Å²) in [6.45, 7) is 5.45. The third kappa shape index (κ3) is 5.01. The van der Waals surface area contributed by atoms with Crippen LogP contribution in [-0.4, -0.2) is 85.3 Å². The second-order valence-electron chi connectivity index (χ2n) is 11.4. The van der Waals surface area contributed by atoms with Crippen molar-refractivity contribution in [2.75, 3.05) is 64.8 Å². The lowest BCUT2D eigenvalue weighted by Crippen LogP contribution is -2.43. The van der Waals surface area contributed by atoms with Gasteiger partial charge in [0.2, 0.25) is 0 Å². The minimum absolute atomic E-state index is 0.0262. The van der Waals surface area contributed by atoms with Crippen LogP contribution in [0.25, 0.3) is 32.9 Å². The number of aromatic nitrogens is 3. The van der Waals surface area contributed by atoms with E-state index in [0.717, 1.165) is 49.7 Å². The third-order valence-corrected chi connectivity index (χ3v) is 8.88. The number of rotatable bonds is 8. The Morgan fingerprint density at radius 1 is 0.952 bits per heavy atom. The smallest absolute Gasteiger partial charge is 0.319 e. The fraction of sp³-hybridized carbons (Fsp3) is 0.469. The normalized spacial score (nSPS) is 18.9. The van der Waals surface area contributed by atoms with Gasteiger partial charge in [0.1, 0.15) is 29.4 Å². The number of fused-ring (bicyclic) bond motifs is 3. The van der Waals surface area contributed by atoms with Crippen molar-refractivity contribution in [1.29, 1.82) is 0 Å². The molecular formula is C32H36FN5O4. The van der Waals surface area contributed by atoms with Gasteiger partial charge in [-0.2, -0.15) is 9.97 Å². The molecule has 2 aromatic heterocycles. The first-order valence-corrected chi connectivity index (χ1v) is 14.9. The highest BCUT2D eigenvalue weighted by molar-refractivity contribution is 6.00. The highest BCUT2D eigenvalue weighted by Crippen LogP contribution is 2.40. The maximum atomic E-state index is 16.7. The van der Waals surface area contributed by atoms with Crippen molar-refractivity contribution in [3.8, 4) is 23.0 Å². The number of anilines is 1. The van der Waals surface area contributed by atoms with Crippen LogP contribution < -0.4 is 14.4 Å². The average molecular weight is 574 g/mol.